The number of hydrogen-bond acceptors (Lipinski definition) is 6. The van der Waals surface area contributed by atoms with Gasteiger partial charge in [-0.15, -0.1) is 0 Å². The number of hydrogen-bond donors (Lipinski definition) is 1. The first kappa shape index (κ1) is 24.3. The van der Waals surface area contributed by atoms with Gasteiger partial charge in [0.15, 0.2) is 0 Å². The molecule has 7 nitrogen and oxygen atoms in total. The molecule has 1 aromatic heterocycles. The molecule has 2 heterocycles. The number of carbonyl (C=O) groups is 2. The van der Waals surface area contributed by atoms with Crippen molar-refractivity contribution in [2.75, 3.05) is 38.2 Å². The Balaban J connectivity index is 1.16. The number of aromatic nitrogens is 1. The minimum atomic E-state index is -4.40. The standard InChI is InChI=1S/C25H33F3N4O3/c1-15(31-5-7-32(8-6-31)20-4-3-19(14-29-20)25(26,27)28)22(33)30-21-17-9-16-10-18(21)13-24(11-16,12-17)23(34)35-2/h3-4,14-18,21H,5-13H2,1-2H3,(H,30,33)/t15-,16?,17?,18?,21?,24?/m1/s1. The van der Waals surface area contributed by atoms with Crippen molar-refractivity contribution in [1.29, 1.82) is 0 Å². The summed E-state index contributed by atoms with van der Waals surface area (Å²) < 4.78 is 43.5. The fraction of sp³-hybridized carbons (Fsp3) is 0.720. The molecule has 6 rings (SSSR count). The van der Waals surface area contributed by atoms with Gasteiger partial charge in [0.2, 0.25) is 5.91 Å². The molecule has 192 valence electrons. The zero-order valence-corrected chi connectivity index (χ0v) is 20.2. The molecule has 10 heteroatoms. The van der Waals surface area contributed by atoms with Crippen LogP contribution in [0, 0.1) is 23.2 Å². The largest absolute Gasteiger partial charge is 0.469 e. The number of esters is 1. The van der Waals surface area contributed by atoms with E-state index in [2.05, 4.69) is 15.2 Å². The monoisotopic (exact) mass is 494 g/mol. The van der Waals surface area contributed by atoms with Crippen LogP contribution >= 0.6 is 0 Å². The van der Waals surface area contributed by atoms with Crippen molar-refractivity contribution >= 4 is 17.7 Å². The van der Waals surface area contributed by atoms with E-state index in [0.717, 1.165) is 44.4 Å². The van der Waals surface area contributed by atoms with Crippen LogP contribution in [0.4, 0.5) is 19.0 Å². The fourth-order valence-corrected chi connectivity index (χ4v) is 7.26. The Kier molecular flexibility index (Phi) is 6.22. The van der Waals surface area contributed by atoms with Gasteiger partial charge in [0.25, 0.3) is 0 Å². The molecular formula is C25H33F3N4O3. The van der Waals surface area contributed by atoms with Gasteiger partial charge < -0.3 is 15.0 Å². The number of rotatable bonds is 5. The minimum Gasteiger partial charge on any atom is -0.469 e. The van der Waals surface area contributed by atoms with E-state index in [0.29, 0.717) is 49.8 Å². The number of ether oxygens (including phenoxy) is 1. The molecule has 1 N–H and O–H groups in total. The summed E-state index contributed by atoms with van der Waals surface area (Å²) in [5.41, 5.74) is -1.12. The van der Waals surface area contributed by atoms with Crippen LogP contribution in [-0.2, 0) is 20.5 Å². The summed E-state index contributed by atoms with van der Waals surface area (Å²) in [6.45, 7) is 4.35. The first-order valence-corrected chi connectivity index (χ1v) is 12.5. The Morgan fingerprint density at radius 2 is 1.77 bits per heavy atom. The first-order valence-electron chi connectivity index (χ1n) is 12.5. The number of nitrogens with zero attached hydrogens (tertiary/aromatic N) is 3. The predicted molar refractivity (Wildman–Crippen MR) is 122 cm³/mol. The van der Waals surface area contributed by atoms with E-state index in [1.54, 1.807) is 0 Å². The van der Waals surface area contributed by atoms with Crippen molar-refractivity contribution in [3.8, 4) is 0 Å². The third-order valence-corrected chi connectivity index (χ3v) is 8.84. The predicted octanol–water partition coefficient (Wildman–Crippen LogP) is 3.10. The molecule has 1 aromatic rings. The molecule has 5 fully saturated rings. The highest BCUT2D eigenvalue weighted by molar-refractivity contribution is 5.82. The van der Waals surface area contributed by atoms with E-state index in [9.17, 15) is 22.8 Å². The van der Waals surface area contributed by atoms with Gasteiger partial charge in [-0.3, -0.25) is 14.5 Å². The van der Waals surface area contributed by atoms with Crippen molar-refractivity contribution in [2.24, 2.45) is 23.2 Å². The Labute approximate surface area is 203 Å². The number of pyridine rings is 1. The lowest BCUT2D eigenvalue weighted by Crippen LogP contribution is -2.63. The van der Waals surface area contributed by atoms with Crippen molar-refractivity contribution in [1.82, 2.24) is 15.2 Å². The zero-order valence-electron chi connectivity index (χ0n) is 20.2. The van der Waals surface area contributed by atoms with Crippen LogP contribution in [0.3, 0.4) is 0 Å². The number of nitrogens with one attached hydrogen (secondary N) is 1. The highest BCUT2D eigenvalue weighted by atomic mass is 19.4. The van der Waals surface area contributed by atoms with Gasteiger partial charge >= 0.3 is 12.1 Å². The quantitative estimate of drug-likeness (QED) is 0.635. The summed E-state index contributed by atoms with van der Waals surface area (Å²) in [4.78, 5) is 33.8. The number of methoxy groups -OCH3 is 1. The van der Waals surface area contributed by atoms with E-state index in [1.807, 2.05) is 11.8 Å². The van der Waals surface area contributed by atoms with Crippen LogP contribution in [0.1, 0.15) is 44.6 Å². The highest BCUT2D eigenvalue weighted by Crippen LogP contribution is 2.60. The number of alkyl halides is 3. The van der Waals surface area contributed by atoms with Gasteiger partial charge in [0.1, 0.15) is 5.82 Å². The van der Waals surface area contributed by atoms with Crippen molar-refractivity contribution in [3.63, 3.8) is 0 Å². The lowest BCUT2D eigenvalue weighted by molar-refractivity contribution is -0.171. The average Bonchev–Trinajstić information content (AvgIpc) is 2.84. The number of amides is 1. The second-order valence-electron chi connectivity index (χ2n) is 10.9. The topological polar surface area (TPSA) is 74.8 Å². The Morgan fingerprint density at radius 1 is 1.11 bits per heavy atom. The van der Waals surface area contributed by atoms with Crippen molar-refractivity contribution in [3.05, 3.63) is 23.9 Å². The zero-order chi connectivity index (χ0) is 25.0. The Hall–Kier alpha value is -2.36. The molecule has 0 spiro atoms. The Bertz CT molecular complexity index is 946. The van der Waals surface area contributed by atoms with Crippen LogP contribution in [0.25, 0.3) is 0 Å². The summed E-state index contributed by atoms with van der Waals surface area (Å²) in [7, 11) is 1.47. The third kappa shape index (κ3) is 4.49. The van der Waals surface area contributed by atoms with E-state index in [-0.39, 0.29) is 29.4 Å². The molecule has 1 amide bonds. The van der Waals surface area contributed by atoms with Crippen molar-refractivity contribution < 1.29 is 27.5 Å². The van der Waals surface area contributed by atoms with Crippen LogP contribution in [0.2, 0.25) is 0 Å². The van der Waals surface area contributed by atoms with Gasteiger partial charge in [0.05, 0.1) is 24.1 Å². The van der Waals surface area contributed by atoms with Gasteiger partial charge in [-0.1, -0.05) is 0 Å². The second-order valence-corrected chi connectivity index (χ2v) is 10.9. The molecule has 1 saturated heterocycles. The van der Waals surface area contributed by atoms with Crippen LogP contribution < -0.4 is 10.2 Å². The van der Waals surface area contributed by atoms with Gasteiger partial charge in [-0.2, -0.15) is 13.2 Å². The molecule has 0 radical (unpaired) electrons. The van der Waals surface area contributed by atoms with Crippen LogP contribution in [0.15, 0.2) is 18.3 Å². The van der Waals surface area contributed by atoms with Crippen molar-refractivity contribution in [2.45, 2.75) is 57.3 Å². The maximum Gasteiger partial charge on any atom is 0.417 e. The Morgan fingerprint density at radius 3 is 2.31 bits per heavy atom. The smallest absolute Gasteiger partial charge is 0.417 e. The summed E-state index contributed by atoms with van der Waals surface area (Å²) in [6, 6.07) is 2.27. The number of anilines is 1. The summed E-state index contributed by atoms with van der Waals surface area (Å²) in [5.74, 6) is 1.62. The maximum atomic E-state index is 13.2. The fourth-order valence-electron chi connectivity index (χ4n) is 7.26. The highest BCUT2D eigenvalue weighted by Gasteiger charge is 2.59. The maximum absolute atomic E-state index is 13.2. The summed E-state index contributed by atoms with van der Waals surface area (Å²) >= 11 is 0. The lowest BCUT2D eigenvalue weighted by atomic mass is 9.48. The second kappa shape index (κ2) is 8.94. The summed E-state index contributed by atoms with van der Waals surface area (Å²) in [6.07, 6.45) is 1.11. The molecular weight excluding hydrogens is 461 g/mol. The van der Waals surface area contributed by atoms with E-state index < -0.39 is 11.7 Å². The molecule has 1 aliphatic heterocycles. The third-order valence-electron chi connectivity index (χ3n) is 8.84. The number of halogens is 3. The van der Waals surface area contributed by atoms with E-state index in [4.69, 9.17) is 4.74 Å². The van der Waals surface area contributed by atoms with E-state index >= 15 is 0 Å². The van der Waals surface area contributed by atoms with Crippen LogP contribution in [0.5, 0.6) is 0 Å². The van der Waals surface area contributed by atoms with E-state index in [1.165, 1.54) is 13.2 Å². The SMILES string of the molecule is COC(=O)C12CC3CC(C1)C(NC(=O)[C@@H](C)N1CCN(c4ccc(C(F)(F)F)cn4)CC1)C(C3)C2. The number of piperazine rings is 1. The molecule has 4 saturated carbocycles. The first-order chi connectivity index (χ1) is 16.6. The average molecular weight is 495 g/mol. The van der Waals surface area contributed by atoms with Gasteiger partial charge in [-0.25, -0.2) is 4.98 Å². The van der Waals surface area contributed by atoms with Gasteiger partial charge in [0, 0.05) is 38.4 Å². The molecule has 3 atom stereocenters. The summed E-state index contributed by atoms with van der Waals surface area (Å²) in [5, 5.41) is 3.33. The molecule has 2 unspecified atom stereocenters. The molecule has 4 aliphatic carbocycles. The molecule has 4 bridgehead atoms. The lowest BCUT2D eigenvalue weighted by Gasteiger charge is -2.58. The minimum absolute atomic E-state index is 0.00990. The normalized spacial score (nSPS) is 33.5. The number of carbonyl (C=O) groups excluding carboxylic acids is 2. The van der Waals surface area contributed by atoms with Crippen LogP contribution in [-0.4, -0.2) is 67.1 Å². The van der Waals surface area contributed by atoms with Gasteiger partial charge in [-0.05, 0) is 68.9 Å². The molecule has 5 aliphatic rings. The molecule has 0 aromatic carbocycles. The molecule has 35 heavy (non-hydrogen) atoms.